The summed E-state index contributed by atoms with van der Waals surface area (Å²) in [6.45, 7) is 2.74. The van der Waals surface area contributed by atoms with E-state index in [1.807, 2.05) is 24.3 Å². The highest BCUT2D eigenvalue weighted by Crippen LogP contribution is 2.40. The first-order valence-corrected chi connectivity index (χ1v) is 7.69. The minimum atomic E-state index is 0.139. The molecule has 1 unspecified atom stereocenters. The Morgan fingerprint density at radius 1 is 1.33 bits per heavy atom. The summed E-state index contributed by atoms with van der Waals surface area (Å²) < 4.78 is 5.68. The van der Waals surface area contributed by atoms with Gasteiger partial charge in [0.15, 0.2) is 0 Å². The van der Waals surface area contributed by atoms with Gasteiger partial charge in [0.2, 0.25) is 0 Å². The Kier molecular flexibility index (Phi) is 4.34. The van der Waals surface area contributed by atoms with Crippen molar-refractivity contribution in [3.05, 3.63) is 57.8 Å². The van der Waals surface area contributed by atoms with Crippen molar-refractivity contribution < 1.29 is 4.74 Å². The number of benzene rings is 1. The van der Waals surface area contributed by atoms with E-state index in [-0.39, 0.29) is 12.1 Å². The lowest BCUT2D eigenvalue weighted by Gasteiger charge is -2.30. The highest BCUT2D eigenvalue weighted by molar-refractivity contribution is 6.35. The van der Waals surface area contributed by atoms with E-state index in [1.165, 1.54) is 0 Å². The maximum absolute atomic E-state index is 6.22. The molecule has 1 aliphatic rings. The van der Waals surface area contributed by atoms with Gasteiger partial charge in [-0.15, -0.1) is 0 Å². The van der Waals surface area contributed by atoms with Crippen molar-refractivity contribution in [2.75, 3.05) is 6.61 Å². The van der Waals surface area contributed by atoms with Gasteiger partial charge in [0, 0.05) is 35.3 Å². The van der Waals surface area contributed by atoms with Gasteiger partial charge in [0.25, 0.3) is 0 Å². The van der Waals surface area contributed by atoms with Crippen molar-refractivity contribution >= 4 is 23.2 Å². The Hall–Kier alpha value is -1.29. The normalized spacial score (nSPS) is 18.7. The van der Waals surface area contributed by atoms with Crippen LogP contribution >= 0.6 is 23.2 Å². The molecule has 0 bridgehead atoms. The molecule has 2 aromatic rings. The molecule has 1 aliphatic heterocycles. The van der Waals surface area contributed by atoms with Crippen LogP contribution in [0, 0.1) is 0 Å². The lowest BCUT2D eigenvalue weighted by atomic mass is 9.99. The molecule has 21 heavy (non-hydrogen) atoms. The molecular formula is C16H16Cl2N2O. The molecule has 0 spiro atoms. The minimum Gasteiger partial charge on any atom is -0.492 e. The van der Waals surface area contributed by atoms with E-state index in [0.29, 0.717) is 16.7 Å². The molecule has 3 nitrogen and oxygen atoms in total. The smallest absolute Gasteiger partial charge is 0.142 e. The van der Waals surface area contributed by atoms with E-state index in [1.54, 1.807) is 12.3 Å². The van der Waals surface area contributed by atoms with Gasteiger partial charge < -0.3 is 10.1 Å². The number of hydrogen-bond donors (Lipinski definition) is 1. The number of rotatable bonds is 3. The fourth-order valence-corrected chi connectivity index (χ4v) is 3.18. The Balaban J connectivity index is 1.85. The Labute approximate surface area is 134 Å². The second kappa shape index (κ2) is 6.22. The van der Waals surface area contributed by atoms with E-state index in [0.717, 1.165) is 23.4 Å². The summed E-state index contributed by atoms with van der Waals surface area (Å²) in [5.41, 5.74) is 2.03. The first-order chi connectivity index (χ1) is 10.1. The summed E-state index contributed by atoms with van der Waals surface area (Å²) in [6.07, 6.45) is 2.68. The molecule has 2 heterocycles. The van der Waals surface area contributed by atoms with Gasteiger partial charge in [-0.25, -0.2) is 0 Å². The van der Waals surface area contributed by atoms with Crippen LogP contribution < -0.4 is 10.1 Å². The first kappa shape index (κ1) is 14.6. The van der Waals surface area contributed by atoms with E-state index >= 15 is 0 Å². The summed E-state index contributed by atoms with van der Waals surface area (Å²) >= 11 is 12.3. The van der Waals surface area contributed by atoms with Crippen molar-refractivity contribution in [2.45, 2.75) is 25.4 Å². The van der Waals surface area contributed by atoms with Crippen LogP contribution in [-0.2, 0) is 0 Å². The van der Waals surface area contributed by atoms with Crippen molar-refractivity contribution in [3.63, 3.8) is 0 Å². The van der Waals surface area contributed by atoms with E-state index in [4.69, 9.17) is 27.9 Å². The third-order valence-corrected chi connectivity index (χ3v) is 4.15. The van der Waals surface area contributed by atoms with Gasteiger partial charge in [0.1, 0.15) is 5.75 Å². The number of aromatic nitrogens is 1. The molecule has 0 aliphatic carbocycles. The number of ether oxygens (including phenoxy) is 1. The Bertz CT molecular complexity index is 634. The maximum atomic E-state index is 6.22. The predicted molar refractivity (Wildman–Crippen MR) is 85.1 cm³/mol. The van der Waals surface area contributed by atoms with Gasteiger partial charge in [0.05, 0.1) is 17.3 Å². The summed E-state index contributed by atoms with van der Waals surface area (Å²) in [6, 6.07) is 9.85. The average molecular weight is 323 g/mol. The zero-order chi connectivity index (χ0) is 14.8. The molecule has 5 heteroatoms. The summed E-state index contributed by atoms with van der Waals surface area (Å²) in [7, 11) is 0. The molecule has 1 aromatic heterocycles. The molecule has 0 saturated carbocycles. The zero-order valence-electron chi connectivity index (χ0n) is 11.6. The molecular weight excluding hydrogens is 307 g/mol. The summed E-state index contributed by atoms with van der Waals surface area (Å²) in [4.78, 5) is 4.39. The van der Waals surface area contributed by atoms with Crippen LogP contribution in [0.5, 0.6) is 5.75 Å². The van der Waals surface area contributed by atoms with Gasteiger partial charge in [-0.3, -0.25) is 4.98 Å². The third-order valence-electron chi connectivity index (χ3n) is 3.65. The Morgan fingerprint density at radius 3 is 2.95 bits per heavy atom. The van der Waals surface area contributed by atoms with Crippen LogP contribution in [0.2, 0.25) is 10.0 Å². The van der Waals surface area contributed by atoms with Crippen LogP contribution in [-0.4, -0.2) is 11.6 Å². The Morgan fingerprint density at radius 2 is 2.19 bits per heavy atom. The van der Waals surface area contributed by atoms with Crippen LogP contribution in [0.25, 0.3) is 0 Å². The summed E-state index contributed by atoms with van der Waals surface area (Å²) in [5, 5.41) is 4.78. The highest BCUT2D eigenvalue weighted by Gasteiger charge is 2.25. The first-order valence-electron chi connectivity index (χ1n) is 6.94. The van der Waals surface area contributed by atoms with Crippen LogP contribution in [0.4, 0.5) is 0 Å². The van der Waals surface area contributed by atoms with Crippen molar-refractivity contribution in [1.29, 1.82) is 0 Å². The molecule has 1 N–H and O–H groups in total. The number of hydrogen-bond acceptors (Lipinski definition) is 3. The minimum absolute atomic E-state index is 0.139. The van der Waals surface area contributed by atoms with Gasteiger partial charge in [-0.2, -0.15) is 0 Å². The average Bonchev–Trinajstić information content (AvgIpc) is 2.49. The molecule has 0 fully saturated rings. The van der Waals surface area contributed by atoms with Crippen molar-refractivity contribution in [1.82, 2.24) is 10.3 Å². The molecule has 3 rings (SSSR count). The number of pyridine rings is 1. The molecule has 0 radical (unpaired) electrons. The van der Waals surface area contributed by atoms with Gasteiger partial charge in [-0.05, 0) is 31.2 Å². The molecule has 0 amide bonds. The fraction of sp³-hybridized carbons (Fsp3) is 0.312. The molecule has 1 aromatic carbocycles. The monoisotopic (exact) mass is 322 g/mol. The highest BCUT2D eigenvalue weighted by atomic mass is 35.5. The van der Waals surface area contributed by atoms with Crippen LogP contribution in [0.1, 0.15) is 36.7 Å². The number of nitrogens with one attached hydrogen (secondary N) is 1. The number of fused-ring (bicyclic) bond motifs is 1. The maximum Gasteiger partial charge on any atom is 0.142 e. The number of halogens is 2. The quantitative estimate of drug-likeness (QED) is 0.899. The summed E-state index contributed by atoms with van der Waals surface area (Å²) in [5.74, 6) is 0.734. The van der Waals surface area contributed by atoms with E-state index in [2.05, 4.69) is 17.2 Å². The standard InChI is InChI=1S/C16H16Cl2N2O/c1-10(14-4-2-3-6-19-14)20-15-5-7-21-16-12(15)8-11(17)9-13(16)18/h2-4,6,8-10,15,20H,5,7H2,1H3/t10-,15?/m0/s1. The topological polar surface area (TPSA) is 34.1 Å². The van der Waals surface area contributed by atoms with E-state index < -0.39 is 0 Å². The van der Waals surface area contributed by atoms with Gasteiger partial charge >= 0.3 is 0 Å². The largest absolute Gasteiger partial charge is 0.492 e. The lowest BCUT2D eigenvalue weighted by Crippen LogP contribution is -2.29. The fourth-order valence-electron chi connectivity index (χ4n) is 2.62. The third kappa shape index (κ3) is 3.15. The lowest BCUT2D eigenvalue weighted by molar-refractivity contribution is 0.245. The molecule has 2 atom stereocenters. The van der Waals surface area contributed by atoms with Crippen LogP contribution in [0.15, 0.2) is 36.5 Å². The zero-order valence-corrected chi connectivity index (χ0v) is 13.2. The van der Waals surface area contributed by atoms with Crippen molar-refractivity contribution in [3.8, 4) is 5.75 Å². The predicted octanol–water partition coefficient (Wildman–Crippen LogP) is 4.56. The van der Waals surface area contributed by atoms with Gasteiger partial charge in [-0.1, -0.05) is 29.3 Å². The van der Waals surface area contributed by atoms with Crippen molar-refractivity contribution in [2.24, 2.45) is 0 Å². The number of nitrogens with zero attached hydrogens (tertiary/aromatic N) is 1. The second-order valence-corrected chi connectivity index (χ2v) is 5.98. The SMILES string of the molecule is C[C@H](NC1CCOc2c(Cl)cc(Cl)cc21)c1ccccn1. The second-order valence-electron chi connectivity index (χ2n) is 5.14. The molecule has 0 saturated heterocycles. The molecule has 110 valence electrons. The van der Waals surface area contributed by atoms with E-state index in [9.17, 15) is 0 Å². The van der Waals surface area contributed by atoms with Crippen LogP contribution in [0.3, 0.4) is 0 Å².